The Morgan fingerprint density at radius 3 is 2.78 bits per heavy atom. The number of morpholine rings is 1. The van der Waals surface area contributed by atoms with Crippen molar-refractivity contribution < 1.29 is 4.74 Å². The molecule has 1 aromatic carbocycles. The van der Waals surface area contributed by atoms with Gasteiger partial charge in [-0.15, -0.1) is 5.10 Å². The lowest BCUT2D eigenvalue weighted by atomic mass is 9.95. The molecule has 0 spiro atoms. The number of rotatable bonds is 9. The van der Waals surface area contributed by atoms with E-state index in [1.807, 2.05) is 19.1 Å². The monoisotopic (exact) mass is 493 g/mol. The Morgan fingerprint density at radius 2 is 2.00 bits per heavy atom. The van der Waals surface area contributed by atoms with Crippen molar-refractivity contribution in [1.29, 1.82) is 0 Å². The van der Waals surface area contributed by atoms with Gasteiger partial charge in [-0.25, -0.2) is 4.68 Å². The second-order valence-electron chi connectivity index (χ2n) is 10.3. The van der Waals surface area contributed by atoms with Gasteiger partial charge in [0.1, 0.15) is 0 Å². The fourth-order valence-corrected chi connectivity index (χ4v) is 5.81. The highest BCUT2D eigenvalue weighted by Crippen LogP contribution is 2.32. The molecule has 3 heterocycles. The Kier molecular flexibility index (Phi) is 8.09. The molecule has 1 N–H and O–H groups in total. The maximum Gasteiger partial charge on any atom is 0.252 e. The van der Waals surface area contributed by atoms with E-state index in [-0.39, 0.29) is 11.6 Å². The number of aromatic nitrogens is 5. The van der Waals surface area contributed by atoms with Gasteiger partial charge in [0, 0.05) is 38.3 Å². The number of aromatic amines is 1. The van der Waals surface area contributed by atoms with Crippen LogP contribution in [0.15, 0.2) is 29.1 Å². The van der Waals surface area contributed by atoms with E-state index >= 15 is 0 Å². The van der Waals surface area contributed by atoms with E-state index in [4.69, 9.17) is 4.74 Å². The van der Waals surface area contributed by atoms with Crippen molar-refractivity contribution in [2.24, 2.45) is 0 Å². The average molecular weight is 494 g/mol. The maximum absolute atomic E-state index is 13.2. The maximum atomic E-state index is 13.2. The third-order valence-corrected chi connectivity index (χ3v) is 7.91. The molecule has 1 atom stereocenters. The quantitative estimate of drug-likeness (QED) is 0.487. The highest BCUT2D eigenvalue weighted by molar-refractivity contribution is 5.81. The summed E-state index contributed by atoms with van der Waals surface area (Å²) in [4.78, 5) is 21.2. The van der Waals surface area contributed by atoms with E-state index in [0.717, 1.165) is 86.5 Å². The molecular formula is C27H39N7O2. The van der Waals surface area contributed by atoms with Crippen molar-refractivity contribution >= 4 is 10.9 Å². The average Bonchev–Trinajstić information content (AvgIpc) is 3.39. The summed E-state index contributed by atoms with van der Waals surface area (Å²) in [7, 11) is 0. The number of benzene rings is 1. The molecule has 1 saturated carbocycles. The number of nitrogens with zero attached hydrogens (tertiary/aromatic N) is 6. The van der Waals surface area contributed by atoms with E-state index in [0.29, 0.717) is 12.6 Å². The van der Waals surface area contributed by atoms with Gasteiger partial charge < -0.3 is 9.72 Å². The third kappa shape index (κ3) is 5.53. The SMILES string of the molecule is CC[C@H](c1nnnn1C1CCCCC1)N(CCN1CCOCC1)Cc1cc2cccc(C)c2[nH]c1=O. The molecule has 0 amide bonds. The predicted molar refractivity (Wildman–Crippen MR) is 140 cm³/mol. The number of aryl methyl sites for hydroxylation is 1. The normalized spacial score (nSPS) is 18.8. The predicted octanol–water partition coefficient (Wildman–Crippen LogP) is 3.61. The van der Waals surface area contributed by atoms with Gasteiger partial charge in [0.15, 0.2) is 5.82 Å². The van der Waals surface area contributed by atoms with Gasteiger partial charge in [-0.3, -0.25) is 14.6 Å². The van der Waals surface area contributed by atoms with Crippen LogP contribution in [0.1, 0.15) is 74.5 Å². The summed E-state index contributed by atoms with van der Waals surface area (Å²) in [6, 6.07) is 8.61. The third-order valence-electron chi connectivity index (χ3n) is 7.91. The van der Waals surface area contributed by atoms with Gasteiger partial charge in [-0.2, -0.15) is 0 Å². The molecule has 5 rings (SSSR count). The van der Waals surface area contributed by atoms with Crippen molar-refractivity contribution in [2.45, 2.75) is 71.0 Å². The van der Waals surface area contributed by atoms with Crippen LogP contribution in [-0.4, -0.2) is 74.4 Å². The molecule has 2 fully saturated rings. The van der Waals surface area contributed by atoms with Crippen LogP contribution in [0.3, 0.4) is 0 Å². The molecule has 9 nitrogen and oxygen atoms in total. The lowest BCUT2D eigenvalue weighted by molar-refractivity contribution is 0.0290. The molecule has 1 aliphatic carbocycles. The van der Waals surface area contributed by atoms with Crippen LogP contribution < -0.4 is 5.56 Å². The Morgan fingerprint density at radius 1 is 1.19 bits per heavy atom. The Balaban J connectivity index is 1.45. The number of tetrazole rings is 1. The lowest BCUT2D eigenvalue weighted by Crippen LogP contribution is -2.43. The van der Waals surface area contributed by atoms with Gasteiger partial charge in [0.25, 0.3) is 5.56 Å². The first kappa shape index (κ1) is 25.0. The topological polar surface area (TPSA) is 92.2 Å². The zero-order valence-electron chi connectivity index (χ0n) is 21.7. The van der Waals surface area contributed by atoms with E-state index in [9.17, 15) is 4.79 Å². The second-order valence-corrected chi connectivity index (χ2v) is 10.3. The smallest absolute Gasteiger partial charge is 0.252 e. The minimum absolute atomic E-state index is 0.0186. The van der Waals surface area contributed by atoms with Crippen molar-refractivity contribution in [3.05, 3.63) is 51.6 Å². The van der Waals surface area contributed by atoms with Crippen molar-refractivity contribution in [3.8, 4) is 0 Å². The van der Waals surface area contributed by atoms with Gasteiger partial charge in [0.2, 0.25) is 0 Å². The molecule has 0 bridgehead atoms. The molecule has 2 aromatic heterocycles. The summed E-state index contributed by atoms with van der Waals surface area (Å²) >= 11 is 0. The summed E-state index contributed by atoms with van der Waals surface area (Å²) in [5.74, 6) is 0.930. The molecule has 194 valence electrons. The zero-order valence-corrected chi connectivity index (χ0v) is 21.7. The van der Waals surface area contributed by atoms with E-state index in [2.05, 4.69) is 54.0 Å². The first-order valence-electron chi connectivity index (χ1n) is 13.6. The van der Waals surface area contributed by atoms with Crippen LogP contribution in [0.2, 0.25) is 0 Å². The Bertz CT molecular complexity index is 1190. The lowest BCUT2D eigenvalue weighted by Gasteiger charge is -2.34. The number of ether oxygens (including phenoxy) is 1. The first-order chi connectivity index (χ1) is 17.6. The van der Waals surface area contributed by atoms with Gasteiger partial charge in [-0.1, -0.05) is 44.4 Å². The summed E-state index contributed by atoms with van der Waals surface area (Å²) in [6.45, 7) is 9.99. The molecule has 2 aliphatic rings. The largest absolute Gasteiger partial charge is 0.379 e. The van der Waals surface area contributed by atoms with Crippen LogP contribution in [0.5, 0.6) is 0 Å². The standard InChI is InChI=1S/C27H39N7O2/c1-3-24(26-29-30-31-34(26)23-10-5-4-6-11-23)33(13-12-32-14-16-36-17-15-32)19-22-18-21-9-7-8-20(2)25(21)28-27(22)35/h7-9,18,23-24H,3-6,10-17,19H2,1-2H3,(H,28,35)/t24-/m1/s1. The van der Waals surface area contributed by atoms with Crippen LogP contribution in [0.25, 0.3) is 10.9 Å². The number of pyridine rings is 1. The zero-order chi connectivity index (χ0) is 24.9. The molecule has 1 aliphatic heterocycles. The van der Waals surface area contributed by atoms with Gasteiger partial charge in [-0.05, 0) is 53.6 Å². The molecule has 0 radical (unpaired) electrons. The minimum Gasteiger partial charge on any atom is -0.379 e. The van der Waals surface area contributed by atoms with Crippen molar-refractivity contribution in [2.75, 3.05) is 39.4 Å². The first-order valence-corrected chi connectivity index (χ1v) is 13.6. The molecule has 0 unspecified atom stereocenters. The molecule has 3 aromatic rings. The number of fused-ring (bicyclic) bond motifs is 1. The van der Waals surface area contributed by atoms with E-state index in [1.165, 1.54) is 19.3 Å². The highest BCUT2D eigenvalue weighted by atomic mass is 16.5. The number of H-pyrrole nitrogens is 1. The summed E-state index contributed by atoms with van der Waals surface area (Å²) < 4.78 is 7.63. The van der Waals surface area contributed by atoms with Crippen LogP contribution in [0, 0.1) is 6.92 Å². The minimum atomic E-state index is -0.0186. The molecule has 9 heteroatoms. The summed E-state index contributed by atoms with van der Waals surface area (Å²) in [5, 5.41) is 14.2. The fraction of sp³-hybridized carbons (Fsp3) is 0.630. The van der Waals surface area contributed by atoms with Crippen LogP contribution in [-0.2, 0) is 11.3 Å². The Hall–Kier alpha value is -2.62. The summed E-state index contributed by atoms with van der Waals surface area (Å²) in [6.07, 6.45) is 6.89. The Labute approximate surface area is 212 Å². The number of hydrogen-bond donors (Lipinski definition) is 1. The highest BCUT2D eigenvalue weighted by Gasteiger charge is 2.29. The van der Waals surface area contributed by atoms with Crippen molar-refractivity contribution in [1.82, 2.24) is 35.0 Å². The second kappa shape index (κ2) is 11.6. The van der Waals surface area contributed by atoms with Gasteiger partial charge >= 0.3 is 0 Å². The number of para-hydroxylation sites is 1. The van der Waals surface area contributed by atoms with Crippen molar-refractivity contribution in [3.63, 3.8) is 0 Å². The number of hydrogen-bond acceptors (Lipinski definition) is 7. The molecular weight excluding hydrogens is 454 g/mol. The van der Waals surface area contributed by atoms with Crippen LogP contribution in [0.4, 0.5) is 0 Å². The van der Waals surface area contributed by atoms with E-state index < -0.39 is 0 Å². The molecule has 36 heavy (non-hydrogen) atoms. The van der Waals surface area contributed by atoms with E-state index in [1.54, 1.807) is 0 Å². The molecule has 1 saturated heterocycles. The number of nitrogens with one attached hydrogen (secondary N) is 1. The van der Waals surface area contributed by atoms with Gasteiger partial charge in [0.05, 0.1) is 30.8 Å². The summed E-state index contributed by atoms with van der Waals surface area (Å²) in [5.41, 5.74) is 2.76. The van der Waals surface area contributed by atoms with Crippen LogP contribution >= 0.6 is 0 Å². The fourth-order valence-electron chi connectivity index (χ4n) is 5.81.